The Labute approximate surface area is 1050 Å². The summed E-state index contributed by atoms with van der Waals surface area (Å²) in [5, 5.41) is 108. The van der Waals surface area contributed by atoms with Gasteiger partial charge in [-0.3, -0.25) is 45.2 Å². The maximum absolute atomic E-state index is 11.3. The molecule has 0 amide bonds. The first-order valence-corrected chi connectivity index (χ1v) is 43.5. The normalized spacial score (nSPS) is 10.6. The molecule has 0 aliphatic heterocycles. The first-order chi connectivity index (χ1) is 61.1. The summed E-state index contributed by atoms with van der Waals surface area (Å²) in [4.78, 5) is 30.1. The predicted octanol–water partition coefficient (Wildman–Crippen LogP) is -20.1. The molecule has 0 atom stereocenters. The number of aromatic nitrogens is 12. The largest absolute Gasteiger partial charge is 1.00 e. The van der Waals surface area contributed by atoms with Crippen LogP contribution in [0, 0.1) is 49.4 Å². The summed E-state index contributed by atoms with van der Waals surface area (Å²) in [6.45, 7) is 0. The Balaban J connectivity index is 0.000000668. The summed E-state index contributed by atoms with van der Waals surface area (Å²) in [5.41, 5.74) is 11.9. The van der Waals surface area contributed by atoms with Crippen LogP contribution in [0.4, 0.5) is 0 Å². The van der Waals surface area contributed by atoms with Crippen LogP contribution in [0.3, 0.4) is 0 Å². The Kier molecular flexibility index (Phi) is 64.6. The van der Waals surface area contributed by atoms with Gasteiger partial charge in [0.15, 0.2) is 0 Å². The van der Waals surface area contributed by atoms with Gasteiger partial charge in [-0.2, -0.15) is 26.0 Å². The van der Waals surface area contributed by atoms with E-state index in [-0.39, 0.29) is 360 Å². The number of benzene rings is 9. The van der Waals surface area contributed by atoms with Crippen molar-refractivity contribution in [2.75, 3.05) is 0 Å². The Bertz CT molecular complexity index is 6020. The zero-order valence-electron chi connectivity index (χ0n) is 72.3. The van der Waals surface area contributed by atoms with Crippen molar-refractivity contribution in [1.82, 2.24) is 60.5 Å². The molecule has 15 aromatic rings. The molecule has 0 N–H and O–H groups in total. The van der Waals surface area contributed by atoms with Crippen LogP contribution in [0.1, 0.15) is 0 Å². The summed E-state index contributed by atoms with van der Waals surface area (Å²) in [6, 6.07) is 68.3. The number of hydrogen-bond acceptors (Lipinski definition) is 45. The van der Waals surface area contributed by atoms with Crippen LogP contribution in [0.15, 0.2) is 317 Å². The summed E-state index contributed by atoms with van der Waals surface area (Å²) in [5.74, 6) is 0.636. The number of nitrogens with zero attached hydrogens (tertiary/aromatic N) is 12. The van der Waals surface area contributed by atoms with Crippen molar-refractivity contribution in [3.8, 4) is 135 Å². The van der Waals surface area contributed by atoms with Gasteiger partial charge in [-0.25, -0.2) is 40.2 Å². The van der Waals surface area contributed by atoms with Gasteiger partial charge in [-0.05, 0) is 179 Å². The van der Waals surface area contributed by atoms with E-state index in [2.05, 4.69) is 102 Å². The second-order valence-corrected chi connectivity index (χ2v) is 33.5. The summed E-state index contributed by atoms with van der Waals surface area (Å²) in [6.07, 6.45) is 4.65. The van der Waals surface area contributed by atoms with Crippen molar-refractivity contribution < 1.29 is 454 Å². The molecule has 6 heterocycles. The Morgan fingerprint density at radius 1 is 0.219 bits per heavy atom. The minimum absolute atomic E-state index is 0. The first kappa shape index (κ1) is 133. The first-order valence-electron chi connectivity index (χ1n) is 34.8. The van der Waals surface area contributed by atoms with Gasteiger partial charge in [-0.1, -0.05) is 109 Å². The van der Waals surface area contributed by atoms with Crippen LogP contribution in [-0.2, 0) is 86.6 Å². The Morgan fingerprint density at radius 2 is 0.387 bits per heavy atom. The second-order valence-electron chi connectivity index (χ2n) is 24.7. The van der Waals surface area contributed by atoms with E-state index in [0.29, 0.717) is 147 Å². The van der Waals surface area contributed by atoms with Crippen LogP contribution in [0.25, 0.3) is 135 Å². The molecule has 0 aliphatic carbocycles. The van der Waals surface area contributed by atoms with Gasteiger partial charge in [0.1, 0.15) is 81.6 Å². The fourth-order valence-corrected chi connectivity index (χ4v) is 15.0. The van der Waals surface area contributed by atoms with E-state index in [1.54, 1.807) is 201 Å². The minimum Gasteiger partial charge on any atom is -1.00 e. The van der Waals surface area contributed by atoms with Gasteiger partial charge >= 0.3 is 266 Å². The monoisotopic (exact) mass is 2260 g/mol. The predicted molar refractivity (Wildman–Crippen MR) is 430 cm³/mol. The fraction of sp³-hybridized carbons (Fsp3) is 0. The van der Waals surface area contributed by atoms with E-state index in [4.69, 9.17) is 15.0 Å². The molecule has 0 saturated carbocycles. The zero-order valence-corrected chi connectivity index (χ0v) is 101. The topological polar surface area (TPSA) is 575 Å². The number of rotatable bonds is 33. The molecular weight excluding hydrogens is 2220 g/mol. The second kappa shape index (κ2) is 66.8. The summed E-state index contributed by atoms with van der Waals surface area (Å²) >= 11 is 4.48. The third-order valence-corrected chi connectivity index (χ3v) is 23.2. The van der Waals surface area contributed by atoms with Crippen LogP contribution < -0.4 is 310 Å². The molecule has 0 bridgehead atoms. The molecule has 657 valence electrons. The molecule has 6 aromatic heterocycles. The van der Waals surface area contributed by atoms with Crippen molar-refractivity contribution in [1.29, 1.82) is 0 Å². The molecule has 15 rings (SSSR count). The smallest absolute Gasteiger partial charge is 1.00 e. The molecule has 137 heavy (non-hydrogen) atoms. The van der Waals surface area contributed by atoms with Crippen molar-refractivity contribution in [2.45, 2.75) is 44.1 Å². The number of pyridine rings is 3. The van der Waals surface area contributed by atoms with Gasteiger partial charge in [0.2, 0.25) is 17.5 Å². The van der Waals surface area contributed by atoms with Gasteiger partial charge in [0.05, 0.1) is 86.9 Å². The van der Waals surface area contributed by atoms with Crippen LogP contribution in [-0.4, -0.2) is 99.4 Å². The van der Waals surface area contributed by atoms with Gasteiger partial charge in [-0.15, -0.1) is 30.6 Å². The fourth-order valence-electron chi connectivity index (χ4n) is 11.5. The van der Waals surface area contributed by atoms with E-state index in [0.717, 1.165) is 72.3 Å². The van der Waals surface area contributed by atoms with Crippen LogP contribution in [0.5, 0.6) is 0 Å². The summed E-state index contributed by atoms with van der Waals surface area (Å²) < 4.78 is 128. The van der Waals surface area contributed by atoms with Crippen LogP contribution in [0.2, 0.25) is 0 Å². The van der Waals surface area contributed by atoms with Gasteiger partial charge in [0.25, 0.3) is 0 Å². The molecule has 0 fully saturated rings. The molecule has 0 spiro atoms. The van der Waals surface area contributed by atoms with E-state index in [9.17, 15) is 70.5 Å². The molecule has 0 saturated heterocycles. The van der Waals surface area contributed by atoms with Crippen molar-refractivity contribution in [3.63, 3.8) is 0 Å². The standard InChI is InChI=1S/3C26H18N4O9S3.ClH.Eu.9Na/c3*31-36-38-40-20-7-1-17(2-8-20)24-25(18-3-9-21(10-4-18)41-39-37-32)29-30-26(28-24)23-15-19(13-14-27-23)16-5-11-22(12-6-16)42(33,34)35;;;;;;;;;;;/h3*1-15,31-32H,(H,33,34,35);1H;;;;;;;;;;/q;;;;;9*+1/p-10. The van der Waals surface area contributed by atoms with Gasteiger partial charge in [0, 0.05) is 131 Å². The van der Waals surface area contributed by atoms with E-state index >= 15 is 0 Å². The molecule has 39 nitrogen and oxygen atoms in total. The number of halogens is 1. The van der Waals surface area contributed by atoms with Crippen molar-refractivity contribution >= 4 is 103 Å². The zero-order chi connectivity index (χ0) is 88.6. The average Bonchev–Trinajstić information content (AvgIpc) is 0.790. The minimum atomic E-state index is -4.57. The Hall–Kier alpha value is -0.556. The number of hydrogen-bond donors (Lipinski definition) is 0. The molecular formula is C78H45ClEuN12Na9O27S9-. The SMILES string of the molecule is O=S(=O)([O-])c1ccc(-c2ccnc(-c3nnc(-c4ccc(SOO[O-])cc4)c(-c4ccc(SOO[O-])cc4)n3)c2)cc1.O=S(=O)([O-])c1ccc(-c2ccnc(-c3nnc(-c4ccc(SOO[O-])cc4)c(-c4ccc(SOO[O-])cc4)n3)c2)cc1.O=S(=O)([O-])c1ccc(-c2ccnc(-c3nnc(-c4ccc(SOO[O-])cc4)c(-c4ccc(SOO[O-])cc4)n3)c2)cc1.[Cl-].[Eu].[Na+].[Na+].[Na+].[Na+].[Na+].[Na+].[Na+].[Na+].[Na+]. The molecule has 1 radical (unpaired) electrons. The van der Waals surface area contributed by atoms with E-state index in [1.807, 2.05) is 0 Å². The van der Waals surface area contributed by atoms with E-state index in [1.165, 1.54) is 72.8 Å². The van der Waals surface area contributed by atoms with Gasteiger partial charge < -0.3 is 57.6 Å². The average molecular weight is 2270 g/mol. The van der Waals surface area contributed by atoms with E-state index < -0.39 is 30.4 Å². The molecule has 59 heteroatoms. The third-order valence-electron chi connectivity index (χ3n) is 17.2. The quantitative estimate of drug-likeness (QED) is 0.0121. The summed E-state index contributed by atoms with van der Waals surface area (Å²) in [7, 11) is -13.7. The van der Waals surface area contributed by atoms with Crippen LogP contribution >= 0.6 is 72.3 Å². The van der Waals surface area contributed by atoms with Crippen molar-refractivity contribution in [2.24, 2.45) is 0 Å². The maximum Gasteiger partial charge on any atom is 1.00 e. The van der Waals surface area contributed by atoms with Crippen molar-refractivity contribution in [3.05, 3.63) is 273 Å². The maximum atomic E-state index is 11.3. The third kappa shape index (κ3) is 39.1. The molecule has 9 aromatic carbocycles. The molecule has 0 aliphatic rings. The Morgan fingerprint density at radius 3 is 0.555 bits per heavy atom. The molecule has 0 unspecified atom stereocenters.